The first-order valence-corrected chi connectivity index (χ1v) is 12.5. The first kappa shape index (κ1) is 23.0. The number of hydrogen-bond acceptors (Lipinski definition) is 7. The number of amides is 1. The van der Waals surface area contributed by atoms with Crippen LogP contribution in [-0.2, 0) is 17.8 Å². The third-order valence-corrected chi connectivity index (χ3v) is 7.50. The van der Waals surface area contributed by atoms with Gasteiger partial charge in [-0.2, -0.15) is 0 Å². The van der Waals surface area contributed by atoms with E-state index >= 15 is 0 Å². The minimum absolute atomic E-state index is 0.0382. The van der Waals surface area contributed by atoms with Crippen LogP contribution in [0.15, 0.2) is 41.4 Å². The Kier molecular flexibility index (Phi) is 6.94. The summed E-state index contributed by atoms with van der Waals surface area (Å²) in [5.74, 6) is 1.21. The second kappa shape index (κ2) is 10.2. The Bertz CT molecular complexity index is 1210. The smallest absolute Gasteiger partial charge is 0.234 e. The number of pyridine rings is 2. The van der Waals surface area contributed by atoms with Crippen LogP contribution in [-0.4, -0.2) is 59.8 Å². The molecule has 1 aromatic carbocycles. The highest BCUT2D eigenvalue weighted by atomic mass is 32.2. The number of methoxy groups -OCH3 is 1. The fraction of sp³-hybridized carbons (Fsp3) is 0.400. The quantitative estimate of drug-likeness (QED) is 0.510. The maximum atomic E-state index is 14.5. The van der Waals surface area contributed by atoms with Crippen molar-refractivity contribution in [3.8, 4) is 5.88 Å². The van der Waals surface area contributed by atoms with Crippen molar-refractivity contribution in [2.45, 2.75) is 24.3 Å². The summed E-state index contributed by atoms with van der Waals surface area (Å²) >= 11 is 1.38. The number of benzene rings is 1. The van der Waals surface area contributed by atoms with Gasteiger partial charge in [-0.05, 0) is 61.7 Å². The van der Waals surface area contributed by atoms with Gasteiger partial charge in [0.25, 0.3) is 0 Å². The van der Waals surface area contributed by atoms with E-state index in [1.54, 1.807) is 13.2 Å². The molecule has 2 aliphatic heterocycles. The summed E-state index contributed by atoms with van der Waals surface area (Å²) in [5, 5.41) is 6.25. The van der Waals surface area contributed by atoms with Crippen LogP contribution in [0.4, 0.5) is 10.1 Å². The average Bonchev–Trinajstić information content (AvgIpc) is 3.30. The molecule has 0 spiro atoms. The third kappa shape index (κ3) is 5.16. The van der Waals surface area contributed by atoms with Crippen LogP contribution in [0.25, 0.3) is 11.0 Å². The van der Waals surface area contributed by atoms with Gasteiger partial charge >= 0.3 is 0 Å². The number of rotatable bonds is 8. The van der Waals surface area contributed by atoms with Gasteiger partial charge in [0.05, 0.1) is 29.6 Å². The lowest BCUT2D eigenvalue weighted by Gasteiger charge is -2.19. The zero-order chi connectivity index (χ0) is 23.5. The van der Waals surface area contributed by atoms with Crippen LogP contribution in [0.1, 0.15) is 17.5 Å². The van der Waals surface area contributed by atoms with Gasteiger partial charge in [-0.3, -0.25) is 9.78 Å². The monoisotopic (exact) mass is 481 g/mol. The largest absolute Gasteiger partial charge is 0.481 e. The number of carbonyl (C=O) groups excluding carboxylic acids is 1. The minimum Gasteiger partial charge on any atom is -0.481 e. The summed E-state index contributed by atoms with van der Waals surface area (Å²) in [6, 6.07) is 9.10. The maximum Gasteiger partial charge on any atom is 0.234 e. The first-order chi connectivity index (χ1) is 16.6. The van der Waals surface area contributed by atoms with E-state index in [0.717, 1.165) is 54.9 Å². The van der Waals surface area contributed by atoms with E-state index in [9.17, 15) is 9.18 Å². The molecule has 0 saturated carbocycles. The van der Waals surface area contributed by atoms with Crippen molar-refractivity contribution in [2.75, 3.05) is 44.4 Å². The molecular formula is C25H28FN5O2S. The van der Waals surface area contributed by atoms with Crippen LogP contribution >= 0.6 is 11.8 Å². The number of hydrogen-bond donors (Lipinski definition) is 2. The Labute approximate surface area is 202 Å². The number of aromatic nitrogens is 2. The van der Waals surface area contributed by atoms with Crippen molar-refractivity contribution in [1.82, 2.24) is 20.2 Å². The Morgan fingerprint density at radius 1 is 1.29 bits per heavy atom. The molecule has 178 valence electrons. The topological polar surface area (TPSA) is 79.4 Å². The average molecular weight is 482 g/mol. The van der Waals surface area contributed by atoms with Gasteiger partial charge in [-0.15, -0.1) is 11.8 Å². The van der Waals surface area contributed by atoms with Crippen molar-refractivity contribution in [1.29, 1.82) is 0 Å². The number of thioether (sulfide) groups is 1. The van der Waals surface area contributed by atoms with E-state index in [0.29, 0.717) is 35.3 Å². The van der Waals surface area contributed by atoms with E-state index < -0.39 is 0 Å². The normalized spacial score (nSPS) is 18.2. The van der Waals surface area contributed by atoms with E-state index in [-0.39, 0.29) is 11.7 Å². The minimum atomic E-state index is -0.224. The molecule has 4 heterocycles. The number of halogens is 1. The highest BCUT2D eigenvalue weighted by Crippen LogP contribution is 2.33. The number of ether oxygens (including phenoxy) is 1. The van der Waals surface area contributed by atoms with E-state index in [1.165, 1.54) is 23.4 Å². The molecule has 34 heavy (non-hydrogen) atoms. The second-order valence-electron chi connectivity index (χ2n) is 8.80. The predicted molar refractivity (Wildman–Crippen MR) is 132 cm³/mol. The SMILES string of the molecule is COc1ccc2nccc(CCN3CC[C@@H](CNCc4cc5c(cc4F)SCC(=O)N5)C3)c2n1. The number of nitrogens with zero attached hydrogens (tertiary/aromatic N) is 3. The van der Waals surface area contributed by atoms with Gasteiger partial charge in [0.15, 0.2) is 0 Å². The van der Waals surface area contributed by atoms with Crippen molar-refractivity contribution >= 4 is 34.4 Å². The lowest BCUT2D eigenvalue weighted by atomic mass is 10.1. The molecule has 2 aromatic heterocycles. The van der Waals surface area contributed by atoms with Crippen LogP contribution < -0.4 is 15.4 Å². The summed E-state index contributed by atoms with van der Waals surface area (Å²) in [6.45, 7) is 4.33. The van der Waals surface area contributed by atoms with Crippen LogP contribution in [0, 0.1) is 11.7 Å². The van der Waals surface area contributed by atoms with Gasteiger partial charge in [-0.25, -0.2) is 9.37 Å². The summed E-state index contributed by atoms with van der Waals surface area (Å²) in [6.07, 6.45) is 3.87. The van der Waals surface area contributed by atoms with Crippen molar-refractivity contribution in [2.24, 2.45) is 5.92 Å². The molecule has 5 rings (SSSR count). The van der Waals surface area contributed by atoms with E-state index in [1.807, 2.05) is 24.4 Å². The fourth-order valence-corrected chi connectivity index (χ4v) is 5.44. The van der Waals surface area contributed by atoms with Crippen molar-refractivity contribution in [3.63, 3.8) is 0 Å². The summed E-state index contributed by atoms with van der Waals surface area (Å²) in [5.41, 5.74) is 4.26. The maximum absolute atomic E-state index is 14.5. The molecule has 0 aliphatic carbocycles. The van der Waals surface area contributed by atoms with Gasteiger partial charge in [0, 0.05) is 42.4 Å². The Morgan fingerprint density at radius 2 is 2.21 bits per heavy atom. The molecule has 1 amide bonds. The zero-order valence-corrected chi connectivity index (χ0v) is 20.0. The number of nitrogens with one attached hydrogen (secondary N) is 2. The molecule has 1 fully saturated rings. The van der Waals surface area contributed by atoms with Gasteiger partial charge in [0.1, 0.15) is 5.82 Å². The predicted octanol–water partition coefficient (Wildman–Crippen LogP) is 3.48. The van der Waals surface area contributed by atoms with E-state index in [2.05, 4.69) is 25.5 Å². The standard InChI is InChI=1S/C25H28FN5O2S/c1-33-24-3-2-20-25(30-24)17(4-7-28-20)6-9-31-8-5-16(14-31)12-27-13-18-10-21-22(11-19(18)26)34-15-23(32)29-21/h2-4,7,10-11,16,27H,5-6,8-9,12-15H2,1H3,(H,29,32)/t16-/m0/s1. The Morgan fingerprint density at radius 3 is 3.09 bits per heavy atom. The van der Waals surface area contributed by atoms with Crippen LogP contribution in [0.3, 0.4) is 0 Å². The number of anilines is 1. The molecule has 1 atom stereocenters. The highest BCUT2D eigenvalue weighted by Gasteiger charge is 2.23. The summed E-state index contributed by atoms with van der Waals surface area (Å²) in [7, 11) is 1.62. The van der Waals surface area contributed by atoms with Crippen LogP contribution in [0.5, 0.6) is 5.88 Å². The molecule has 0 unspecified atom stereocenters. The number of carbonyl (C=O) groups is 1. The lowest BCUT2D eigenvalue weighted by Crippen LogP contribution is -2.28. The van der Waals surface area contributed by atoms with Crippen molar-refractivity contribution < 1.29 is 13.9 Å². The van der Waals surface area contributed by atoms with Crippen molar-refractivity contribution in [3.05, 3.63) is 53.5 Å². The van der Waals surface area contributed by atoms with Gasteiger partial charge in [0.2, 0.25) is 11.8 Å². The number of likely N-dealkylation sites (tertiary alicyclic amines) is 1. The molecule has 2 aliphatic rings. The molecule has 0 bridgehead atoms. The third-order valence-electron chi connectivity index (χ3n) is 6.45. The molecule has 9 heteroatoms. The second-order valence-corrected chi connectivity index (χ2v) is 9.82. The fourth-order valence-electron chi connectivity index (χ4n) is 4.63. The molecule has 1 saturated heterocycles. The Hall–Kier alpha value is -2.75. The highest BCUT2D eigenvalue weighted by molar-refractivity contribution is 8.00. The zero-order valence-electron chi connectivity index (χ0n) is 19.1. The number of fused-ring (bicyclic) bond motifs is 2. The molecule has 3 aromatic rings. The molecule has 7 nitrogen and oxygen atoms in total. The Balaban J connectivity index is 1.12. The summed E-state index contributed by atoms with van der Waals surface area (Å²) in [4.78, 5) is 23.9. The lowest BCUT2D eigenvalue weighted by molar-refractivity contribution is -0.113. The summed E-state index contributed by atoms with van der Waals surface area (Å²) < 4.78 is 19.7. The van der Waals surface area contributed by atoms with Gasteiger partial charge in [-0.1, -0.05) is 0 Å². The van der Waals surface area contributed by atoms with Crippen LogP contribution in [0.2, 0.25) is 0 Å². The van der Waals surface area contributed by atoms with E-state index in [4.69, 9.17) is 4.74 Å². The van der Waals surface area contributed by atoms with Gasteiger partial charge < -0.3 is 20.3 Å². The first-order valence-electron chi connectivity index (χ1n) is 11.6. The molecule has 0 radical (unpaired) electrons. The molecular weight excluding hydrogens is 453 g/mol. The molecule has 2 N–H and O–H groups in total.